The molecule has 0 saturated carbocycles. The van der Waals surface area contributed by atoms with Gasteiger partial charge in [0.2, 0.25) is 19.9 Å². The number of carbonyl (C=O) groups is 3. The lowest BCUT2D eigenvalue weighted by atomic mass is 9.98. The molecule has 0 bridgehead atoms. The van der Waals surface area contributed by atoms with Gasteiger partial charge in [-0.1, -0.05) is 17.7 Å². The first kappa shape index (κ1) is 33.9. The highest BCUT2D eigenvalue weighted by molar-refractivity contribution is 7.53. The third-order valence-corrected chi connectivity index (χ3v) is 7.66. The number of rotatable bonds is 11. The maximum absolute atomic E-state index is 13.5. The van der Waals surface area contributed by atoms with E-state index in [0.29, 0.717) is 5.75 Å². The Balaban J connectivity index is 2.13. The first-order chi connectivity index (χ1) is 18.3. The SMILES string of the molecule is Cc1ccc(O[C@H]2O[C@H](CCP(=O)(OCOC(=O)C(C)(C)C)OCOC(=O)C(C)(C)C)C(=O)C(O)[C@@H]2O)c(C)c1. The molecule has 2 rings (SSSR count). The summed E-state index contributed by atoms with van der Waals surface area (Å²) in [5, 5.41) is 20.8. The second kappa shape index (κ2) is 13.5. The molecule has 1 aromatic carbocycles. The molecular formula is C27H41O12P. The van der Waals surface area contributed by atoms with Crippen LogP contribution in [0.1, 0.15) is 59.1 Å². The Hall–Kier alpha value is -2.34. The summed E-state index contributed by atoms with van der Waals surface area (Å²) >= 11 is 0. The van der Waals surface area contributed by atoms with E-state index in [-0.39, 0.29) is 6.42 Å². The zero-order valence-electron chi connectivity index (χ0n) is 24.3. The van der Waals surface area contributed by atoms with E-state index in [9.17, 15) is 29.2 Å². The predicted molar refractivity (Wildman–Crippen MR) is 142 cm³/mol. The highest BCUT2D eigenvalue weighted by Gasteiger charge is 2.45. The molecule has 1 heterocycles. The smallest absolute Gasteiger partial charge is 0.336 e. The van der Waals surface area contributed by atoms with Gasteiger partial charge in [0, 0.05) is 0 Å². The fourth-order valence-corrected chi connectivity index (χ4v) is 4.69. The summed E-state index contributed by atoms with van der Waals surface area (Å²) < 4.78 is 45.5. The van der Waals surface area contributed by atoms with Crippen LogP contribution in [0.25, 0.3) is 0 Å². The quantitative estimate of drug-likeness (QED) is 0.220. The molecule has 4 atom stereocenters. The fraction of sp³-hybridized carbons (Fsp3) is 0.667. The number of ether oxygens (including phenoxy) is 4. The van der Waals surface area contributed by atoms with E-state index in [4.69, 9.17) is 28.0 Å². The molecule has 1 unspecified atom stereocenters. The van der Waals surface area contributed by atoms with Crippen LogP contribution in [0, 0.1) is 24.7 Å². The van der Waals surface area contributed by atoms with Crippen molar-refractivity contribution < 1.29 is 57.2 Å². The van der Waals surface area contributed by atoms with Crippen molar-refractivity contribution in [2.24, 2.45) is 10.8 Å². The first-order valence-corrected chi connectivity index (χ1v) is 14.6. The van der Waals surface area contributed by atoms with E-state index < -0.39 is 80.5 Å². The van der Waals surface area contributed by atoms with Crippen molar-refractivity contribution >= 4 is 25.3 Å². The molecule has 0 aliphatic carbocycles. The van der Waals surface area contributed by atoms with E-state index in [1.54, 1.807) is 60.6 Å². The van der Waals surface area contributed by atoms with Gasteiger partial charge in [-0.15, -0.1) is 0 Å². The summed E-state index contributed by atoms with van der Waals surface area (Å²) in [4.78, 5) is 36.8. The Morgan fingerprint density at radius 2 is 1.48 bits per heavy atom. The van der Waals surface area contributed by atoms with Gasteiger partial charge in [-0.3, -0.25) is 28.0 Å². The van der Waals surface area contributed by atoms with Crippen molar-refractivity contribution in [3.05, 3.63) is 29.3 Å². The van der Waals surface area contributed by atoms with Crippen LogP contribution in [-0.2, 0) is 42.2 Å². The predicted octanol–water partition coefficient (Wildman–Crippen LogP) is 3.41. The Bertz CT molecular complexity index is 1070. The third-order valence-electron chi connectivity index (χ3n) is 5.85. The number of aliphatic hydroxyl groups is 2. The number of carbonyl (C=O) groups excluding carboxylic acids is 3. The summed E-state index contributed by atoms with van der Waals surface area (Å²) in [5.74, 6) is -1.70. The largest absolute Gasteiger partial charge is 0.462 e. The molecule has 2 N–H and O–H groups in total. The minimum atomic E-state index is -4.14. The monoisotopic (exact) mass is 588 g/mol. The maximum atomic E-state index is 13.5. The number of Topliss-reactive ketones (excluding diaryl/α,β-unsaturated/α-hetero) is 1. The number of benzene rings is 1. The van der Waals surface area contributed by atoms with E-state index in [1.165, 1.54) is 0 Å². The Kier molecular flexibility index (Phi) is 11.5. The summed E-state index contributed by atoms with van der Waals surface area (Å²) in [6.07, 6.45) is -6.96. The van der Waals surface area contributed by atoms with E-state index >= 15 is 0 Å². The van der Waals surface area contributed by atoms with Gasteiger partial charge in [0.25, 0.3) is 0 Å². The number of hydrogen-bond donors (Lipinski definition) is 2. The van der Waals surface area contributed by atoms with Crippen LogP contribution < -0.4 is 4.74 Å². The van der Waals surface area contributed by atoms with E-state index in [0.717, 1.165) is 11.1 Å². The highest BCUT2D eigenvalue weighted by Crippen LogP contribution is 2.49. The average molecular weight is 589 g/mol. The van der Waals surface area contributed by atoms with E-state index in [1.807, 2.05) is 13.0 Å². The van der Waals surface area contributed by atoms with Gasteiger partial charge >= 0.3 is 19.5 Å². The van der Waals surface area contributed by atoms with Crippen LogP contribution in [0.4, 0.5) is 0 Å². The normalized spacial score (nSPS) is 22.1. The average Bonchev–Trinajstić information content (AvgIpc) is 2.83. The summed E-state index contributed by atoms with van der Waals surface area (Å²) in [6, 6.07) is 5.32. The molecule has 1 aromatic rings. The lowest BCUT2D eigenvalue weighted by Crippen LogP contribution is -2.57. The van der Waals surface area contributed by atoms with Gasteiger partial charge in [0.15, 0.2) is 5.78 Å². The number of ketones is 1. The van der Waals surface area contributed by atoms with Crippen LogP contribution in [0.3, 0.4) is 0 Å². The Morgan fingerprint density at radius 3 is 1.95 bits per heavy atom. The lowest BCUT2D eigenvalue weighted by molar-refractivity contribution is -0.226. The van der Waals surface area contributed by atoms with E-state index in [2.05, 4.69) is 0 Å². The number of hydrogen-bond acceptors (Lipinski definition) is 12. The van der Waals surface area contributed by atoms with Crippen LogP contribution in [0.5, 0.6) is 5.75 Å². The number of esters is 2. The van der Waals surface area contributed by atoms with Gasteiger partial charge in [-0.05, 0) is 73.4 Å². The highest BCUT2D eigenvalue weighted by atomic mass is 31.2. The van der Waals surface area contributed by atoms with Crippen molar-refractivity contribution in [1.29, 1.82) is 0 Å². The molecule has 0 spiro atoms. The van der Waals surface area contributed by atoms with Gasteiger partial charge in [-0.2, -0.15) is 0 Å². The third kappa shape index (κ3) is 9.64. The second-order valence-electron chi connectivity index (χ2n) is 11.7. The van der Waals surface area contributed by atoms with Crippen LogP contribution in [0.15, 0.2) is 18.2 Å². The standard InChI is InChI=1S/C27H41O12P/c1-16-9-10-18(17(2)13-16)38-23-22(30)21(29)20(28)19(39-23)11-12-40(33,36-14-34-24(31)26(3,4)5)37-15-35-25(32)27(6,7)8/h9-10,13,19,21-23,29-30H,11-12,14-15H2,1-8H3/t19-,21?,22+,23+/m1/s1. The molecule has 0 aromatic heterocycles. The van der Waals surface area contributed by atoms with Gasteiger partial charge in [-0.25, -0.2) is 0 Å². The van der Waals surface area contributed by atoms with Gasteiger partial charge in [0.1, 0.15) is 24.1 Å². The molecule has 13 heteroatoms. The molecule has 226 valence electrons. The summed E-state index contributed by atoms with van der Waals surface area (Å²) in [6.45, 7) is 12.0. The minimum Gasteiger partial charge on any atom is -0.462 e. The van der Waals surface area contributed by atoms with Crippen molar-refractivity contribution in [3.8, 4) is 5.75 Å². The lowest BCUT2D eigenvalue weighted by Gasteiger charge is -2.36. The van der Waals surface area contributed by atoms with Gasteiger partial charge in [0.05, 0.1) is 17.0 Å². The number of aryl methyl sites for hydroxylation is 2. The molecule has 40 heavy (non-hydrogen) atoms. The van der Waals surface area contributed by atoms with Crippen molar-refractivity contribution in [2.75, 3.05) is 19.7 Å². The molecule has 0 radical (unpaired) electrons. The molecular weight excluding hydrogens is 547 g/mol. The minimum absolute atomic E-state index is 0.285. The topological polar surface area (TPSA) is 164 Å². The van der Waals surface area contributed by atoms with Crippen LogP contribution in [-0.4, -0.2) is 72.3 Å². The molecule has 1 saturated heterocycles. The van der Waals surface area contributed by atoms with Crippen LogP contribution in [0.2, 0.25) is 0 Å². The zero-order chi connectivity index (χ0) is 30.5. The summed E-state index contributed by atoms with van der Waals surface area (Å²) in [7, 11) is -4.14. The molecule has 12 nitrogen and oxygen atoms in total. The zero-order valence-corrected chi connectivity index (χ0v) is 25.2. The molecule has 1 fully saturated rings. The summed E-state index contributed by atoms with van der Waals surface area (Å²) in [5.41, 5.74) is 0.0427. The first-order valence-electron chi connectivity index (χ1n) is 12.9. The molecule has 0 amide bonds. The fourth-order valence-electron chi connectivity index (χ4n) is 3.38. The van der Waals surface area contributed by atoms with Gasteiger partial charge < -0.3 is 29.2 Å². The maximum Gasteiger partial charge on any atom is 0.336 e. The Labute approximate surface area is 234 Å². The molecule has 1 aliphatic heterocycles. The number of aliphatic hydroxyl groups excluding tert-OH is 2. The molecule has 1 aliphatic rings. The van der Waals surface area contributed by atoms with Crippen LogP contribution >= 0.6 is 7.60 Å². The van der Waals surface area contributed by atoms with Crippen molar-refractivity contribution in [1.82, 2.24) is 0 Å². The Morgan fingerprint density at radius 1 is 0.950 bits per heavy atom. The van der Waals surface area contributed by atoms with Crippen molar-refractivity contribution in [2.45, 2.75) is 86.4 Å². The van der Waals surface area contributed by atoms with Crippen molar-refractivity contribution in [3.63, 3.8) is 0 Å². The second-order valence-corrected chi connectivity index (χ2v) is 13.9.